The Morgan fingerprint density at radius 1 is 1.24 bits per heavy atom. The second-order valence-electron chi connectivity index (χ2n) is 4.69. The van der Waals surface area contributed by atoms with E-state index in [1.807, 2.05) is 36.4 Å². The van der Waals surface area contributed by atoms with Gasteiger partial charge >= 0.3 is 5.76 Å². The number of aromatic nitrogens is 1. The van der Waals surface area contributed by atoms with Crippen molar-refractivity contribution < 1.29 is 4.42 Å². The van der Waals surface area contributed by atoms with Crippen LogP contribution in [0.25, 0.3) is 11.1 Å². The third-order valence-electron chi connectivity index (χ3n) is 3.35. The van der Waals surface area contributed by atoms with Crippen molar-refractivity contribution in [3.63, 3.8) is 0 Å². The van der Waals surface area contributed by atoms with E-state index in [1.165, 1.54) is 4.57 Å². The van der Waals surface area contributed by atoms with Crippen molar-refractivity contribution >= 4 is 61.2 Å². The lowest BCUT2D eigenvalue weighted by molar-refractivity contribution is 0.528. The number of rotatable bonds is 2. The van der Waals surface area contributed by atoms with Crippen molar-refractivity contribution in [2.24, 2.45) is 7.05 Å². The van der Waals surface area contributed by atoms with Crippen LogP contribution in [0.1, 0.15) is 16.0 Å². The van der Waals surface area contributed by atoms with Gasteiger partial charge in [0.1, 0.15) is 0 Å². The van der Waals surface area contributed by atoms with Crippen molar-refractivity contribution in [2.45, 2.75) is 4.83 Å². The number of hydrogen-bond acceptors (Lipinski definition) is 2. The molecular weight excluding hydrogens is 468 g/mol. The summed E-state index contributed by atoms with van der Waals surface area (Å²) in [6, 6.07) is 11.7. The van der Waals surface area contributed by atoms with E-state index in [0.29, 0.717) is 5.58 Å². The van der Waals surface area contributed by atoms with Crippen LogP contribution in [-0.2, 0) is 7.05 Å². The predicted octanol–water partition coefficient (Wildman–Crippen LogP) is 4.87. The summed E-state index contributed by atoms with van der Waals surface area (Å²) in [6.07, 6.45) is 0. The fraction of sp³-hybridized carbons (Fsp3) is 0.133. The predicted molar refractivity (Wildman–Crippen MR) is 96.4 cm³/mol. The quantitative estimate of drug-likeness (QED) is 0.389. The molecule has 0 aliphatic carbocycles. The number of hydrogen-bond donors (Lipinski definition) is 0. The van der Waals surface area contributed by atoms with Crippen molar-refractivity contribution in [1.82, 2.24) is 4.57 Å². The van der Waals surface area contributed by atoms with E-state index >= 15 is 0 Å². The summed E-state index contributed by atoms with van der Waals surface area (Å²) in [6.45, 7) is 0. The Labute approximate surface area is 148 Å². The van der Waals surface area contributed by atoms with Gasteiger partial charge in [0.2, 0.25) is 0 Å². The minimum absolute atomic E-state index is 0.0121. The lowest BCUT2D eigenvalue weighted by Crippen LogP contribution is -2.08. The maximum atomic E-state index is 11.5. The van der Waals surface area contributed by atoms with Gasteiger partial charge in [0, 0.05) is 10.6 Å². The normalized spacial score (nSPS) is 12.8. The Balaban J connectivity index is 2.06. The van der Waals surface area contributed by atoms with Gasteiger partial charge in [-0.3, -0.25) is 4.57 Å². The first-order valence-corrected chi connectivity index (χ1v) is 8.53. The summed E-state index contributed by atoms with van der Waals surface area (Å²) < 4.78 is 7.73. The highest BCUT2D eigenvalue weighted by atomic mass is 127. The van der Waals surface area contributed by atoms with E-state index in [9.17, 15) is 4.79 Å². The number of aryl methyl sites for hydroxylation is 1. The molecule has 0 saturated carbocycles. The largest absolute Gasteiger partial charge is 0.419 e. The smallest absolute Gasteiger partial charge is 0.408 e. The molecule has 0 fully saturated rings. The van der Waals surface area contributed by atoms with Crippen LogP contribution >= 0.6 is 50.1 Å². The molecule has 108 valence electrons. The minimum Gasteiger partial charge on any atom is -0.408 e. The molecule has 3 nitrogen and oxygen atoms in total. The van der Waals surface area contributed by atoms with E-state index in [4.69, 9.17) is 16.0 Å². The molecule has 0 aliphatic heterocycles. The Hall–Kier alpha value is -0.790. The van der Waals surface area contributed by atoms with Gasteiger partial charge in [-0.2, -0.15) is 0 Å². The van der Waals surface area contributed by atoms with Gasteiger partial charge in [0.05, 0.1) is 15.4 Å². The molecule has 1 unspecified atom stereocenters. The van der Waals surface area contributed by atoms with Crippen LogP contribution in [0, 0.1) is 3.57 Å². The van der Waals surface area contributed by atoms with Gasteiger partial charge in [-0.15, -0.1) is 0 Å². The molecule has 2 aromatic carbocycles. The Morgan fingerprint density at radius 3 is 2.62 bits per heavy atom. The van der Waals surface area contributed by atoms with E-state index in [2.05, 4.69) is 38.5 Å². The number of alkyl halides is 1. The number of oxazole rings is 1. The Bertz CT molecular complexity index is 887. The zero-order valence-corrected chi connectivity index (χ0v) is 15.4. The molecule has 1 atom stereocenters. The van der Waals surface area contributed by atoms with E-state index in [0.717, 1.165) is 25.2 Å². The molecule has 0 radical (unpaired) electrons. The van der Waals surface area contributed by atoms with Gasteiger partial charge in [-0.25, -0.2) is 4.79 Å². The summed E-state index contributed by atoms with van der Waals surface area (Å²) in [5, 5.41) is 0.727. The average Bonchev–Trinajstić information content (AvgIpc) is 2.76. The van der Waals surface area contributed by atoms with Crippen molar-refractivity contribution in [2.75, 3.05) is 0 Å². The SMILES string of the molecule is Cn1c(=O)oc2cc(C(Br)c3ccc(I)c(Cl)c3)ccc21. The summed E-state index contributed by atoms with van der Waals surface area (Å²) in [5.74, 6) is -0.356. The van der Waals surface area contributed by atoms with Crippen LogP contribution in [0.5, 0.6) is 0 Å². The monoisotopic (exact) mass is 477 g/mol. The number of halogens is 3. The minimum atomic E-state index is -0.356. The zero-order valence-electron chi connectivity index (χ0n) is 10.9. The lowest BCUT2D eigenvalue weighted by atomic mass is 10.0. The lowest BCUT2D eigenvalue weighted by Gasteiger charge is -2.11. The summed E-state index contributed by atoms with van der Waals surface area (Å²) in [4.78, 5) is 11.5. The highest BCUT2D eigenvalue weighted by Gasteiger charge is 2.14. The fourth-order valence-corrected chi connectivity index (χ4v) is 3.26. The Morgan fingerprint density at radius 2 is 1.90 bits per heavy atom. The fourth-order valence-electron chi connectivity index (χ4n) is 2.17. The molecule has 3 rings (SSSR count). The van der Waals surface area contributed by atoms with Gasteiger partial charge in [0.15, 0.2) is 5.58 Å². The molecule has 0 amide bonds. The molecule has 1 heterocycles. The summed E-state index contributed by atoms with van der Waals surface area (Å²) in [5.41, 5.74) is 3.43. The number of benzene rings is 2. The first-order valence-electron chi connectivity index (χ1n) is 6.16. The zero-order chi connectivity index (χ0) is 15.1. The van der Waals surface area contributed by atoms with Crippen LogP contribution in [0.4, 0.5) is 0 Å². The van der Waals surface area contributed by atoms with Gasteiger partial charge in [0.25, 0.3) is 0 Å². The summed E-state index contributed by atoms with van der Waals surface area (Å²) >= 11 is 12.0. The molecule has 0 aliphatic rings. The molecule has 0 N–H and O–H groups in total. The standard InChI is InChI=1S/C15H10BrClINO2/c1-19-12-5-3-9(7-13(12)21-15(19)20)14(16)8-2-4-11(18)10(17)6-8/h2-7,14H,1H3. The Kier molecular flexibility index (Phi) is 4.16. The van der Waals surface area contributed by atoms with E-state index < -0.39 is 0 Å². The second kappa shape index (κ2) is 5.78. The van der Waals surface area contributed by atoms with Crippen molar-refractivity contribution in [3.05, 3.63) is 66.7 Å². The molecule has 21 heavy (non-hydrogen) atoms. The molecule has 0 bridgehead atoms. The molecule has 6 heteroatoms. The second-order valence-corrected chi connectivity index (χ2v) is 7.18. The first kappa shape index (κ1) is 15.1. The van der Waals surface area contributed by atoms with E-state index in [1.54, 1.807) is 7.05 Å². The third-order valence-corrected chi connectivity index (χ3v) is 5.97. The number of nitrogens with zero attached hydrogens (tertiary/aromatic N) is 1. The van der Waals surface area contributed by atoms with Crippen LogP contribution < -0.4 is 5.76 Å². The molecular formula is C15H10BrClINO2. The molecule has 1 aromatic heterocycles. The van der Waals surface area contributed by atoms with Gasteiger partial charge < -0.3 is 4.42 Å². The van der Waals surface area contributed by atoms with Crippen molar-refractivity contribution in [3.8, 4) is 0 Å². The topological polar surface area (TPSA) is 35.1 Å². The van der Waals surface area contributed by atoms with Crippen LogP contribution in [0.15, 0.2) is 45.6 Å². The van der Waals surface area contributed by atoms with Crippen LogP contribution in [0.2, 0.25) is 5.02 Å². The van der Waals surface area contributed by atoms with Crippen molar-refractivity contribution in [1.29, 1.82) is 0 Å². The highest BCUT2D eigenvalue weighted by molar-refractivity contribution is 14.1. The maximum Gasteiger partial charge on any atom is 0.419 e. The van der Waals surface area contributed by atoms with Crippen LogP contribution in [0.3, 0.4) is 0 Å². The molecule has 0 spiro atoms. The van der Waals surface area contributed by atoms with Crippen LogP contribution in [-0.4, -0.2) is 4.57 Å². The maximum absolute atomic E-state index is 11.5. The summed E-state index contributed by atoms with van der Waals surface area (Å²) in [7, 11) is 1.69. The third kappa shape index (κ3) is 2.78. The number of fused-ring (bicyclic) bond motifs is 1. The first-order chi connectivity index (χ1) is 9.97. The molecule has 0 saturated heterocycles. The van der Waals surface area contributed by atoms with Gasteiger partial charge in [-0.05, 0) is 58.0 Å². The van der Waals surface area contributed by atoms with Gasteiger partial charge in [-0.1, -0.05) is 39.7 Å². The average molecular weight is 479 g/mol. The highest BCUT2D eigenvalue weighted by Crippen LogP contribution is 2.34. The molecule has 3 aromatic rings. The van der Waals surface area contributed by atoms with E-state index in [-0.39, 0.29) is 10.6 Å².